The van der Waals surface area contributed by atoms with Gasteiger partial charge in [0.1, 0.15) is 0 Å². The lowest BCUT2D eigenvalue weighted by molar-refractivity contribution is 0.402. The zero-order valence-corrected chi connectivity index (χ0v) is 31.9. The van der Waals surface area contributed by atoms with Gasteiger partial charge < -0.3 is 4.90 Å². The molecule has 4 aliphatic rings. The number of hydrogen-bond donors (Lipinski definition) is 0. The fraction of sp³-hybridized carbons (Fsp3) is 0.280. The number of hydrogen-bond acceptors (Lipinski definition) is 3. The summed E-state index contributed by atoms with van der Waals surface area (Å²) in [6.07, 6.45) is 42.1. The zero-order valence-electron chi connectivity index (χ0n) is 31.9. The predicted molar refractivity (Wildman–Crippen MR) is 227 cm³/mol. The Kier molecular flexibility index (Phi) is 11.6. The van der Waals surface area contributed by atoms with E-state index < -0.39 is 0 Å². The first-order valence-electron chi connectivity index (χ1n) is 19.8. The van der Waals surface area contributed by atoms with E-state index in [9.17, 15) is 0 Å². The number of allylic oxidation sites excluding steroid dienone is 20. The summed E-state index contributed by atoms with van der Waals surface area (Å²) in [4.78, 5) is 13.4. The third-order valence-corrected chi connectivity index (χ3v) is 10.7. The van der Waals surface area contributed by atoms with Gasteiger partial charge >= 0.3 is 0 Å². The topological polar surface area (TPSA) is 29.0 Å². The smallest absolute Gasteiger partial charge is 0.0969 e. The highest BCUT2D eigenvalue weighted by atomic mass is 15.2. The molecule has 0 N–H and O–H groups in total. The van der Waals surface area contributed by atoms with Crippen LogP contribution in [0.1, 0.15) is 95.2 Å². The molecule has 3 aliphatic carbocycles. The van der Waals surface area contributed by atoms with Crippen LogP contribution >= 0.6 is 0 Å². The Morgan fingerprint density at radius 2 is 1.64 bits per heavy atom. The van der Waals surface area contributed by atoms with Crippen LogP contribution in [0.3, 0.4) is 0 Å². The van der Waals surface area contributed by atoms with Gasteiger partial charge in [-0.05, 0) is 103 Å². The second-order valence-corrected chi connectivity index (χ2v) is 14.5. The Balaban J connectivity index is 1.49. The molecule has 268 valence electrons. The molecule has 1 aliphatic heterocycles. The Morgan fingerprint density at radius 1 is 0.868 bits per heavy atom. The molecule has 2 heterocycles. The second kappa shape index (κ2) is 17.0. The number of fused-ring (bicyclic) bond motifs is 2. The standard InChI is InChI=1S/C50H53N3/c1-5-7-8-14-24-37(4)53-47-33-32-40(50-49(39-26-15-10-11-16-27-39)51-45-30-20-21-31-46(45)52-50)34-43(42-29-19-18-25-38(42)22-6-2)44(47)35-48(53)41-28-17-12-9-13-23-36(41)3/h7-10,13-21,24-31,33-34,36-37H,5-6,11-12,22-23,32,35H2,1-4H3/b8-7-,13-9-,24-14-,28-17-,48-41+. The maximum Gasteiger partial charge on any atom is 0.0969 e. The maximum atomic E-state index is 5.42. The zero-order chi connectivity index (χ0) is 36.6. The maximum absolute atomic E-state index is 5.42. The van der Waals surface area contributed by atoms with E-state index in [1.54, 1.807) is 0 Å². The number of aryl methyl sites for hydroxylation is 1. The van der Waals surface area contributed by atoms with Gasteiger partial charge in [0.2, 0.25) is 0 Å². The van der Waals surface area contributed by atoms with Crippen molar-refractivity contribution < 1.29 is 0 Å². The van der Waals surface area contributed by atoms with E-state index in [0.717, 1.165) is 79.4 Å². The fourth-order valence-electron chi connectivity index (χ4n) is 8.03. The lowest BCUT2D eigenvalue weighted by atomic mass is 9.89. The van der Waals surface area contributed by atoms with Crippen LogP contribution in [-0.4, -0.2) is 20.9 Å². The summed E-state index contributed by atoms with van der Waals surface area (Å²) in [6.45, 7) is 9.22. The van der Waals surface area contributed by atoms with E-state index in [-0.39, 0.29) is 6.04 Å². The molecule has 2 unspecified atom stereocenters. The molecule has 7 rings (SSSR count). The lowest BCUT2D eigenvalue weighted by Gasteiger charge is -2.30. The Hall–Kier alpha value is -5.28. The van der Waals surface area contributed by atoms with Crippen molar-refractivity contribution >= 4 is 27.8 Å². The highest BCUT2D eigenvalue weighted by Gasteiger charge is 2.36. The van der Waals surface area contributed by atoms with Crippen LogP contribution in [0.2, 0.25) is 0 Å². The molecular formula is C50H53N3. The summed E-state index contributed by atoms with van der Waals surface area (Å²) in [7, 11) is 0. The molecule has 1 fully saturated rings. The highest BCUT2D eigenvalue weighted by molar-refractivity contribution is 5.94. The molecule has 3 heteroatoms. The average molecular weight is 696 g/mol. The van der Waals surface area contributed by atoms with Gasteiger partial charge in [-0.2, -0.15) is 0 Å². The quantitative estimate of drug-likeness (QED) is 0.165. The number of rotatable bonds is 9. The average Bonchev–Trinajstić information content (AvgIpc) is 3.30. The van der Waals surface area contributed by atoms with Crippen molar-refractivity contribution in [2.45, 2.75) is 85.1 Å². The van der Waals surface area contributed by atoms with Crippen molar-refractivity contribution in [3.63, 3.8) is 0 Å². The molecule has 2 atom stereocenters. The van der Waals surface area contributed by atoms with Gasteiger partial charge in [-0.15, -0.1) is 0 Å². The minimum atomic E-state index is 0.169. The van der Waals surface area contributed by atoms with Crippen LogP contribution in [0.25, 0.3) is 27.8 Å². The summed E-state index contributed by atoms with van der Waals surface area (Å²) in [6, 6.07) is 17.5. The molecule has 3 nitrogen and oxygen atoms in total. The minimum Gasteiger partial charge on any atom is -0.338 e. The number of likely N-dealkylation sites (tertiary alicyclic amines) is 1. The lowest BCUT2D eigenvalue weighted by Crippen LogP contribution is -2.27. The molecule has 1 aromatic heterocycles. The summed E-state index contributed by atoms with van der Waals surface area (Å²) in [5.41, 5.74) is 15.7. The Labute approximate surface area is 317 Å². The van der Waals surface area contributed by atoms with Crippen LogP contribution < -0.4 is 0 Å². The first-order valence-corrected chi connectivity index (χ1v) is 19.8. The first-order chi connectivity index (χ1) is 26.1. The van der Waals surface area contributed by atoms with Gasteiger partial charge in [0.25, 0.3) is 0 Å². The van der Waals surface area contributed by atoms with Crippen molar-refractivity contribution in [3.8, 4) is 0 Å². The van der Waals surface area contributed by atoms with Crippen molar-refractivity contribution in [1.82, 2.24) is 14.9 Å². The molecule has 1 saturated heterocycles. The van der Waals surface area contributed by atoms with Crippen LogP contribution in [0, 0.1) is 5.92 Å². The van der Waals surface area contributed by atoms with Gasteiger partial charge in [0.15, 0.2) is 0 Å². The summed E-state index contributed by atoms with van der Waals surface area (Å²) >= 11 is 0. The highest BCUT2D eigenvalue weighted by Crippen LogP contribution is 2.48. The molecule has 53 heavy (non-hydrogen) atoms. The number of nitrogens with zero attached hydrogens (tertiary/aromatic N) is 3. The van der Waals surface area contributed by atoms with E-state index in [0.29, 0.717) is 5.92 Å². The van der Waals surface area contributed by atoms with Crippen LogP contribution in [0.4, 0.5) is 0 Å². The largest absolute Gasteiger partial charge is 0.338 e. The van der Waals surface area contributed by atoms with E-state index >= 15 is 0 Å². The van der Waals surface area contributed by atoms with E-state index in [4.69, 9.17) is 9.97 Å². The molecule has 3 aromatic rings. The van der Waals surface area contributed by atoms with Crippen LogP contribution in [0.5, 0.6) is 0 Å². The van der Waals surface area contributed by atoms with Crippen molar-refractivity contribution in [2.75, 3.05) is 0 Å². The van der Waals surface area contributed by atoms with Crippen molar-refractivity contribution in [2.24, 2.45) is 5.92 Å². The third kappa shape index (κ3) is 7.90. The normalized spacial score (nSPS) is 22.3. The molecular weight excluding hydrogens is 643 g/mol. The third-order valence-electron chi connectivity index (χ3n) is 10.7. The molecule has 0 spiro atoms. The van der Waals surface area contributed by atoms with Crippen LogP contribution in [0.15, 0.2) is 162 Å². The Bertz CT molecular complexity index is 2190. The van der Waals surface area contributed by atoms with Gasteiger partial charge in [-0.3, -0.25) is 0 Å². The molecule has 2 aromatic carbocycles. The van der Waals surface area contributed by atoms with Gasteiger partial charge in [0.05, 0.1) is 22.4 Å². The summed E-state index contributed by atoms with van der Waals surface area (Å²) in [5.74, 6) is 0.423. The fourth-order valence-corrected chi connectivity index (χ4v) is 8.03. The van der Waals surface area contributed by atoms with Gasteiger partial charge in [-0.25, -0.2) is 9.97 Å². The number of benzene rings is 2. The van der Waals surface area contributed by atoms with Gasteiger partial charge in [0, 0.05) is 29.4 Å². The van der Waals surface area contributed by atoms with E-state index in [1.807, 2.05) is 0 Å². The summed E-state index contributed by atoms with van der Waals surface area (Å²) < 4.78 is 0. The first kappa shape index (κ1) is 36.1. The molecule has 0 saturated carbocycles. The predicted octanol–water partition coefficient (Wildman–Crippen LogP) is 13.0. The monoisotopic (exact) mass is 695 g/mol. The SMILES string of the molecule is CC/C=C\C=C/C(C)N1C2=CCC(c3nc4ccccc4nc3C3=CC=CCC=C3)=CC(c3ccccc3CCC)=C2C/C1=C1/C=C\C/C=C\CC1C. The summed E-state index contributed by atoms with van der Waals surface area (Å²) in [5, 5.41) is 0. The van der Waals surface area contributed by atoms with E-state index in [2.05, 4.69) is 172 Å². The minimum absolute atomic E-state index is 0.169. The molecule has 0 bridgehead atoms. The number of para-hydroxylation sites is 2. The van der Waals surface area contributed by atoms with E-state index in [1.165, 1.54) is 44.8 Å². The number of aromatic nitrogens is 2. The van der Waals surface area contributed by atoms with Crippen molar-refractivity contribution in [1.29, 1.82) is 0 Å². The molecule has 0 radical (unpaired) electrons. The van der Waals surface area contributed by atoms with Crippen LogP contribution in [-0.2, 0) is 6.42 Å². The second-order valence-electron chi connectivity index (χ2n) is 14.5. The van der Waals surface area contributed by atoms with Crippen molar-refractivity contribution in [3.05, 3.63) is 185 Å². The molecule has 0 amide bonds. The van der Waals surface area contributed by atoms with Gasteiger partial charge in [-0.1, -0.05) is 149 Å². The Morgan fingerprint density at radius 3 is 2.47 bits per heavy atom.